The van der Waals surface area contributed by atoms with E-state index in [1.807, 2.05) is 43.2 Å². The lowest BCUT2D eigenvalue weighted by molar-refractivity contribution is -0.139. The molecule has 0 aliphatic carbocycles. The van der Waals surface area contributed by atoms with E-state index in [0.29, 0.717) is 26.2 Å². The number of nitrogens with zero attached hydrogens (tertiary/aromatic N) is 2. The van der Waals surface area contributed by atoms with Crippen molar-refractivity contribution in [3.63, 3.8) is 0 Å². The van der Waals surface area contributed by atoms with E-state index in [1.54, 1.807) is 13.2 Å². The Bertz CT molecular complexity index is 1130. The molecule has 2 heterocycles. The Morgan fingerprint density at radius 2 is 2.09 bits per heavy atom. The third kappa shape index (κ3) is 6.55. The number of H-pyrrole nitrogens is 1. The molecule has 1 aromatic carbocycles. The Morgan fingerprint density at radius 1 is 1.34 bits per heavy atom. The molecule has 1 aliphatic rings. The average molecular weight is 492 g/mol. The number of ether oxygens (including phenoxy) is 1. The van der Waals surface area contributed by atoms with Gasteiger partial charge in [0.05, 0.1) is 19.1 Å². The molecule has 3 rings (SSSR count). The molecular formula is C26H32F3N3O3. The number of aryl methyl sites for hydroxylation is 1. The van der Waals surface area contributed by atoms with Crippen molar-refractivity contribution in [3.8, 4) is 5.75 Å². The molecule has 190 valence electrons. The first-order valence-electron chi connectivity index (χ1n) is 11.5. The van der Waals surface area contributed by atoms with Crippen LogP contribution in [0, 0.1) is 6.92 Å². The van der Waals surface area contributed by atoms with E-state index in [2.05, 4.69) is 16.5 Å². The van der Waals surface area contributed by atoms with Crippen LogP contribution in [0.15, 0.2) is 54.3 Å². The van der Waals surface area contributed by atoms with Crippen LogP contribution in [0.4, 0.5) is 13.2 Å². The summed E-state index contributed by atoms with van der Waals surface area (Å²) in [4.78, 5) is 18.5. The smallest absolute Gasteiger partial charge is 0.390 e. The molecule has 0 spiro atoms. The van der Waals surface area contributed by atoms with Crippen molar-refractivity contribution in [2.45, 2.75) is 39.0 Å². The first-order valence-corrected chi connectivity index (χ1v) is 11.5. The second-order valence-corrected chi connectivity index (χ2v) is 8.75. The molecule has 0 saturated carbocycles. The minimum Gasteiger partial charge on any atom is -0.496 e. The van der Waals surface area contributed by atoms with Gasteiger partial charge in [-0.15, -0.1) is 0 Å². The first-order chi connectivity index (χ1) is 16.5. The Balaban J connectivity index is 1.93. The van der Waals surface area contributed by atoms with Gasteiger partial charge in [-0.2, -0.15) is 13.2 Å². The van der Waals surface area contributed by atoms with Crippen molar-refractivity contribution in [3.05, 3.63) is 65.4 Å². The maximum absolute atomic E-state index is 12.9. The van der Waals surface area contributed by atoms with Crippen molar-refractivity contribution in [1.29, 1.82) is 0 Å². The molecule has 1 fully saturated rings. The standard InChI is InChI=1S/C26H32F3N3O3/c1-5-19(7-6-17(2)25(33)34)22-16-31(11-9-26(27,28)29)12-13-32(22)15-21-20-8-10-30-24(20)18(3)14-23(21)35-4/h5-8,10,14,22,30H,2,9,11-13,15-16H2,1,3-4H3,(H,33,34)/b7-6-,19-5+. The molecule has 1 aromatic heterocycles. The number of carbonyl (C=O) groups is 1. The Morgan fingerprint density at radius 3 is 2.71 bits per heavy atom. The van der Waals surface area contributed by atoms with E-state index in [0.717, 1.165) is 33.4 Å². The molecule has 35 heavy (non-hydrogen) atoms. The number of aliphatic carboxylic acids is 1. The maximum atomic E-state index is 12.9. The molecule has 9 heteroatoms. The summed E-state index contributed by atoms with van der Waals surface area (Å²) in [5.74, 6) is -0.368. The number of carboxylic acid groups (broad SMARTS) is 1. The summed E-state index contributed by atoms with van der Waals surface area (Å²) in [5.41, 5.74) is 3.83. The van der Waals surface area contributed by atoms with E-state index < -0.39 is 18.6 Å². The van der Waals surface area contributed by atoms with Gasteiger partial charge in [0.1, 0.15) is 5.75 Å². The normalized spacial score (nSPS) is 18.5. The van der Waals surface area contributed by atoms with Gasteiger partial charge in [-0.1, -0.05) is 18.7 Å². The van der Waals surface area contributed by atoms with Crippen molar-refractivity contribution in [2.75, 3.05) is 33.3 Å². The van der Waals surface area contributed by atoms with Crippen LogP contribution in [0.25, 0.3) is 10.9 Å². The first kappa shape index (κ1) is 26.6. The van der Waals surface area contributed by atoms with Gasteiger partial charge in [0.2, 0.25) is 0 Å². The quantitative estimate of drug-likeness (QED) is 0.379. The van der Waals surface area contributed by atoms with E-state index in [1.165, 1.54) is 6.08 Å². The third-order valence-corrected chi connectivity index (χ3v) is 6.45. The van der Waals surface area contributed by atoms with Gasteiger partial charge >= 0.3 is 12.1 Å². The van der Waals surface area contributed by atoms with Crippen LogP contribution in [-0.4, -0.2) is 71.4 Å². The van der Waals surface area contributed by atoms with Crippen LogP contribution in [0.5, 0.6) is 5.75 Å². The Labute approximate surface area is 203 Å². The van der Waals surface area contributed by atoms with Gasteiger partial charge < -0.3 is 14.8 Å². The topological polar surface area (TPSA) is 68.8 Å². The monoisotopic (exact) mass is 491 g/mol. The maximum Gasteiger partial charge on any atom is 0.390 e. The summed E-state index contributed by atoms with van der Waals surface area (Å²) < 4.78 is 44.3. The van der Waals surface area contributed by atoms with Crippen molar-refractivity contribution in [1.82, 2.24) is 14.8 Å². The van der Waals surface area contributed by atoms with Gasteiger partial charge in [0.15, 0.2) is 0 Å². The van der Waals surface area contributed by atoms with Crippen LogP contribution < -0.4 is 4.74 Å². The molecule has 1 saturated heterocycles. The van der Waals surface area contributed by atoms with Gasteiger partial charge in [-0.3, -0.25) is 9.80 Å². The van der Waals surface area contributed by atoms with Gasteiger partial charge in [-0.25, -0.2) is 4.79 Å². The zero-order chi connectivity index (χ0) is 25.8. The SMILES string of the molecule is C=C(/C=C\C(=C/C)C1CN(CCC(F)(F)F)CCN1Cc1c(OC)cc(C)c2[nH]ccc12)C(=O)O. The summed E-state index contributed by atoms with van der Waals surface area (Å²) in [6.07, 6.45) is 1.79. The lowest BCUT2D eigenvalue weighted by atomic mass is 9.98. The highest BCUT2D eigenvalue weighted by molar-refractivity contribution is 5.89. The molecule has 1 aliphatic heterocycles. The molecule has 0 radical (unpaired) electrons. The van der Waals surface area contributed by atoms with Crippen molar-refractivity contribution >= 4 is 16.9 Å². The fraction of sp³-hybridized carbons (Fsp3) is 0.423. The second kappa shape index (κ2) is 11.1. The molecule has 6 nitrogen and oxygen atoms in total. The number of alkyl halides is 3. The lowest BCUT2D eigenvalue weighted by Gasteiger charge is -2.42. The van der Waals surface area contributed by atoms with Crippen LogP contribution in [0.1, 0.15) is 24.5 Å². The summed E-state index contributed by atoms with van der Waals surface area (Å²) in [5, 5.41) is 10.2. The second-order valence-electron chi connectivity index (χ2n) is 8.75. The number of allylic oxidation sites excluding steroid dienone is 1. The predicted molar refractivity (Wildman–Crippen MR) is 131 cm³/mol. The number of aromatic amines is 1. The summed E-state index contributed by atoms with van der Waals surface area (Å²) >= 11 is 0. The van der Waals surface area contributed by atoms with E-state index in [4.69, 9.17) is 9.84 Å². The van der Waals surface area contributed by atoms with Gasteiger partial charge in [-0.05, 0) is 43.2 Å². The fourth-order valence-corrected chi connectivity index (χ4v) is 4.52. The van der Waals surface area contributed by atoms with Crippen LogP contribution >= 0.6 is 0 Å². The van der Waals surface area contributed by atoms with Crippen LogP contribution in [-0.2, 0) is 11.3 Å². The van der Waals surface area contributed by atoms with Crippen molar-refractivity contribution in [2.24, 2.45) is 0 Å². The largest absolute Gasteiger partial charge is 0.496 e. The number of carboxylic acids is 1. The Hall–Kier alpha value is -3.04. The number of aromatic nitrogens is 1. The minimum atomic E-state index is -4.22. The van der Waals surface area contributed by atoms with E-state index in [-0.39, 0.29) is 18.2 Å². The molecule has 2 aromatic rings. The minimum absolute atomic E-state index is 0.0603. The van der Waals surface area contributed by atoms with E-state index in [9.17, 15) is 18.0 Å². The lowest BCUT2D eigenvalue weighted by Crippen LogP contribution is -2.53. The molecule has 1 atom stereocenters. The highest BCUT2D eigenvalue weighted by Gasteiger charge is 2.33. The Kier molecular flexibility index (Phi) is 8.45. The number of methoxy groups -OCH3 is 1. The van der Waals surface area contributed by atoms with E-state index >= 15 is 0 Å². The van der Waals surface area contributed by atoms with Crippen LogP contribution in [0.2, 0.25) is 0 Å². The van der Waals surface area contributed by atoms with Gasteiger partial charge in [0, 0.05) is 61.4 Å². The third-order valence-electron chi connectivity index (χ3n) is 6.45. The zero-order valence-electron chi connectivity index (χ0n) is 20.3. The number of rotatable bonds is 9. The molecule has 0 bridgehead atoms. The predicted octanol–water partition coefficient (Wildman–Crippen LogP) is 5.07. The molecule has 2 N–H and O–H groups in total. The van der Waals surface area contributed by atoms with Gasteiger partial charge in [0.25, 0.3) is 0 Å². The number of piperazine rings is 1. The number of halogens is 3. The van der Waals surface area contributed by atoms with Crippen molar-refractivity contribution < 1.29 is 27.8 Å². The summed E-state index contributed by atoms with van der Waals surface area (Å²) in [6.45, 7) is 9.28. The number of fused-ring (bicyclic) bond motifs is 1. The number of hydrogen-bond acceptors (Lipinski definition) is 4. The molecule has 1 unspecified atom stereocenters. The van der Waals surface area contributed by atoms with Crippen LogP contribution in [0.3, 0.4) is 0 Å². The summed E-state index contributed by atoms with van der Waals surface area (Å²) in [7, 11) is 1.63. The molecular weight excluding hydrogens is 459 g/mol. The zero-order valence-corrected chi connectivity index (χ0v) is 20.3. The highest BCUT2D eigenvalue weighted by Crippen LogP contribution is 2.33. The average Bonchev–Trinajstić information content (AvgIpc) is 3.30. The number of hydrogen-bond donors (Lipinski definition) is 2. The molecule has 0 amide bonds. The number of benzene rings is 1. The highest BCUT2D eigenvalue weighted by atomic mass is 19.4. The fourth-order valence-electron chi connectivity index (χ4n) is 4.52. The summed E-state index contributed by atoms with van der Waals surface area (Å²) in [6, 6.07) is 3.75. The number of nitrogens with one attached hydrogen (secondary N) is 1.